The van der Waals surface area contributed by atoms with Crippen LogP contribution in [0.4, 0.5) is 0 Å². The molecular formula is C18H12N2O3S. The van der Waals surface area contributed by atoms with Crippen molar-refractivity contribution in [3.05, 3.63) is 75.4 Å². The molecule has 0 saturated carbocycles. The van der Waals surface area contributed by atoms with E-state index < -0.39 is 5.91 Å². The summed E-state index contributed by atoms with van der Waals surface area (Å²) in [5, 5.41) is 0.446. The third-order valence-corrected chi connectivity index (χ3v) is 4.87. The second-order valence-electron chi connectivity index (χ2n) is 5.30. The Balaban J connectivity index is 1.86. The Bertz CT molecular complexity index is 1210. The van der Waals surface area contributed by atoms with E-state index in [-0.39, 0.29) is 11.2 Å². The van der Waals surface area contributed by atoms with Gasteiger partial charge in [-0.05, 0) is 24.3 Å². The molecule has 0 saturated heterocycles. The van der Waals surface area contributed by atoms with E-state index in [1.54, 1.807) is 24.3 Å². The zero-order chi connectivity index (χ0) is 16.7. The predicted molar refractivity (Wildman–Crippen MR) is 93.2 cm³/mol. The number of nitrogens with zero attached hydrogens (tertiary/aromatic N) is 2. The van der Waals surface area contributed by atoms with Gasteiger partial charge >= 0.3 is 5.91 Å². The standard InChI is InChI=1S/C18H12N2O3S/c1-20-12-7-3-5-9-16(12)24-18(20)19-17(22)15-10-13(21)11-6-2-4-8-14(11)23-15/h2-10H,1H3. The number of hydrogen-bond donors (Lipinski definition) is 0. The van der Waals surface area contributed by atoms with Crippen LogP contribution in [0.2, 0.25) is 0 Å². The smallest absolute Gasteiger partial charge is 0.315 e. The number of thiazole rings is 1. The van der Waals surface area contributed by atoms with Crippen molar-refractivity contribution in [3.8, 4) is 0 Å². The number of amides is 1. The van der Waals surface area contributed by atoms with Crippen LogP contribution in [0.1, 0.15) is 10.6 Å². The first-order valence-corrected chi connectivity index (χ1v) is 8.11. The molecule has 0 unspecified atom stereocenters. The molecule has 1 amide bonds. The lowest BCUT2D eigenvalue weighted by Crippen LogP contribution is -2.14. The molecule has 0 radical (unpaired) electrons. The van der Waals surface area contributed by atoms with E-state index in [1.807, 2.05) is 35.9 Å². The Morgan fingerprint density at radius 3 is 2.71 bits per heavy atom. The van der Waals surface area contributed by atoms with Gasteiger partial charge in [0.25, 0.3) is 0 Å². The first-order chi connectivity index (χ1) is 11.6. The van der Waals surface area contributed by atoms with Crippen LogP contribution in [0, 0.1) is 0 Å². The van der Waals surface area contributed by atoms with Gasteiger partial charge in [-0.3, -0.25) is 9.59 Å². The molecule has 2 aromatic carbocycles. The zero-order valence-electron chi connectivity index (χ0n) is 12.7. The Morgan fingerprint density at radius 2 is 1.88 bits per heavy atom. The zero-order valence-corrected chi connectivity index (χ0v) is 13.5. The third kappa shape index (κ3) is 2.37. The van der Waals surface area contributed by atoms with Crippen LogP contribution in [0.25, 0.3) is 21.2 Å². The highest BCUT2D eigenvalue weighted by molar-refractivity contribution is 7.16. The summed E-state index contributed by atoms with van der Waals surface area (Å²) in [5.41, 5.74) is 1.12. The predicted octanol–water partition coefficient (Wildman–Crippen LogP) is 3.09. The number of carbonyl (C=O) groups is 1. The molecule has 24 heavy (non-hydrogen) atoms. The normalized spacial score (nSPS) is 12.1. The van der Waals surface area contributed by atoms with E-state index in [0.717, 1.165) is 10.2 Å². The van der Waals surface area contributed by atoms with Gasteiger partial charge in [0.15, 0.2) is 16.0 Å². The van der Waals surface area contributed by atoms with Crippen LogP contribution in [0.15, 0.2) is 68.8 Å². The van der Waals surface area contributed by atoms with Gasteiger partial charge in [0.2, 0.25) is 0 Å². The van der Waals surface area contributed by atoms with Crippen molar-refractivity contribution in [3.63, 3.8) is 0 Å². The molecule has 4 aromatic rings. The highest BCUT2D eigenvalue weighted by Crippen LogP contribution is 2.16. The number of aromatic nitrogens is 1. The van der Waals surface area contributed by atoms with Crippen LogP contribution in [-0.2, 0) is 7.05 Å². The minimum atomic E-state index is -0.569. The molecule has 0 aliphatic rings. The van der Waals surface area contributed by atoms with Crippen molar-refractivity contribution >= 4 is 38.4 Å². The summed E-state index contributed by atoms with van der Waals surface area (Å²) in [7, 11) is 1.85. The van der Waals surface area contributed by atoms with E-state index in [4.69, 9.17) is 4.42 Å². The van der Waals surface area contributed by atoms with E-state index in [0.29, 0.717) is 15.8 Å². The first kappa shape index (κ1) is 14.6. The molecule has 2 heterocycles. The molecule has 5 nitrogen and oxygen atoms in total. The van der Waals surface area contributed by atoms with Gasteiger partial charge < -0.3 is 8.98 Å². The highest BCUT2D eigenvalue weighted by Gasteiger charge is 2.12. The lowest BCUT2D eigenvalue weighted by atomic mass is 10.2. The Labute approximate surface area is 140 Å². The van der Waals surface area contributed by atoms with Crippen molar-refractivity contribution in [2.45, 2.75) is 0 Å². The SMILES string of the molecule is Cn1c(=NC(=O)c2cc(=O)c3ccccc3o2)sc2ccccc21. The minimum Gasteiger partial charge on any atom is -0.451 e. The summed E-state index contributed by atoms with van der Waals surface area (Å²) in [5.74, 6) is -0.629. The average molecular weight is 336 g/mol. The number of carbonyl (C=O) groups excluding carboxylic acids is 1. The lowest BCUT2D eigenvalue weighted by Gasteiger charge is -1.99. The van der Waals surface area contributed by atoms with E-state index in [9.17, 15) is 9.59 Å². The fourth-order valence-electron chi connectivity index (χ4n) is 2.54. The van der Waals surface area contributed by atoms with Gasteiger partial charge in [-0.1, -0.05) is 35.6 Å². The molecule has 0 bridgehead atoms. The molecule has 4 rings (SSSR count). The quantitative estimate of drug-likeness (QED) is 0.536. The summed E-state index contributed by atoms with van der Waals surface area (Å²) < 4.78 is 8.42. The molecular weight excluding hydrogens is 324 g/mol. The van der Waals surface area contributed by atoms with Gasteiger partial charge in [0.05, 0.1) is 15.6 Å². The second kappa shape index (κ2) is 5.58. The van der Waals surface area contributed by atoms with E-state index in [2.05, 4.69) is 4.99 Å². The molecule has 2 aromatic heterocycles. The number of benzene rings is 2. The monoisotopic (exact) mass is 336 g/mol. The lowest BCUT2D eigenvalue weighted by molar-refractivity contribution is 0.0972. The maximum atomic E-state index is 12.4. The first-order valence-electron chi connectivity index (χ1n) is 7.30. The fraction of sp³-hybridized carbons (Fsp3) is 0.0556. The van der Waals surface area contributed by atoms with Gasteiger partial charge in [-0.2, -0.15) is 4.99 Å². The summed E-state index contributed by atoms with van der Waals surface area (Å²) in [6.07, 6.45) is 0. The number of aryl methyl sites for hydroxylation is 1. The van der Waals surface area contributed by atoms with Crippen LogP contribution < -0.4 is 10.2 Å². The van der Waals surface area contributed by atoms with Crippen LogP contribution in [-0.4, -0.2) is 10.5 Å². The second-order valence-corrected chi connectivity index (χ2v) is 6.31. The average Bonchev–Trinajstić information content (AvgIpc) is 2.91. The van der Waals surface area contributed by atoms with Gasteiger partial charge in [0.1, 0.15) is 5.58 Å². The van der Waals surface area contributed by atoms with Crippen molar-refractivity contribution in [2.75, 3.05) is 0 Å². The van der Waals surface area contributed by atoms with Crippen LogP contribution in [0.3, 0.4) is 0 Å². The molecule has 0 spiro atoms. The molecule has 0 aliphatic carbocycles. The molecule has 0 N–H and O–H groups in total. The molecule has 118 valence electrons. The van der Waals surface area contributed by atoms with E-state index in [1.165, 1.54) is 17.4 Å². The Morgan fingerprint density at radius 1 is 1.12 bits per heavy atom. The summed E-state index contributed by atoms with van der Waals surface area (Å²) in [4.78, 5) is 29.2. The van der Waals surface area contributed by atoms with Crippen molar-refractivity contribution < 1.29 is 9.21 Å². The molecule has 0 atom stereocenters. The largest absolute Gasteiger partial charge is 0.451 e. The van der Waals surface area contributed by atoms with Gasteiger partial charge in [-0.25, -0.2) is 0 Å². The van der Waals surface area contributed by atoms with E-state index >= 15 is 0 Å². The summed E-state index contributed by atoms with van der Waals surface area (Å²) in [6, 6.07) is 15.8. The van der Waals surface area contributed by atoms with Gasteiger partial charge in [-0.15, -0.1) is 0 Å². The third-order valence-electron chi connectivity index (χ3n) is 3.76. The summed E-state index contributed by atoms with van der Waals surface area (Å²) in [6.45, 7) is 0. The fourth-order valence-corrected chi connectivity index (χ4v) is 3.56. The number of para-hydroxylation sites is 2. The molecule has 6 heteroatoms. The number of fused-ring (bicyclic) bond motifs is 2. The van der Waals surface area contributed by atoms with Gasteiger partial charge in [0, 0.05) is 13.1 Å². The Kier molecular flexibility index (Phi) is 3.39. The van der Waals surface area contributed by atoms with Crippen molar-refractivity contribution in [1.29, 1.82) is 0 Å². The molecule has 0 aliphatic heterocycles. The highest BCUT2D eigenvalue weighted by atomic mass is 32.1. The summed E-state index contributed by atoms with van der Waals surface area (Å²) >= 11 is 1.41. The number of hydrogen-bond acceptors (Lipinski definition) is 4. The number of rotatable bonds is 1. The van der Waals surface area contributed by atoms with Crippen LogP contribution in [0.5, 0.6) is 0 Å². The maximum Gasteiger partial charge on any atom is 0.315 e. The van der Waals surface area contributed by atoms with Crippen LogP contribution >= 0.6 is 11.3 Å². The topological polar surface area (TPSA) is 64.6 Å². The Hall–Kier alpha value is -2.99. The van der Waals surface area contributed by atoms with Crippen molar-refractivity contribution in [1.82, 2.24) is 4.57 Å². The van der Waals surface area contributed by atoms with Crippen molar-refractivity contribution in [2.24, 2.45) is 12.0 Å². The molecule has 0 fully saturated rings. The minimum absolute atomic E-state index is 0.0591. The maximum absolute atomic E-state index is 12.4.